The molecule has 0 amide bonds. The SMILES string of the molecule is C1COCCN1.C[SiH2]O[SiH3]. The van der Waals surface area contributed by atoms with Gasteiger partial charge >= 0.3 is 0 Å². The first-order valence-electron chi connectivity index (χ1n) is 3.69. The fourth-order valence-corrected chi connectivity index (χ4v) is 0.516. The van der Waals surface area contributed by atoms with E-state index in [9.17, 15) is 0 Å². The lowest BCUT2D eigenvalue weighted by atomic mass is 10.5. The summed E-state index contributed by atoms with van der Waals surface area (Å²) in [4.78, 5) is 0. The van der Waals surface area contributed by atoms with Crippen LogP contribution in [0.15, 0.2) is 0 Å². The zero-order chi connectivity index (χ0) is 7.66. The Morgan fingerprint density at radius 1 is 1.50 bits per heavy atom. The van der Waals surface area contributed by atoms with Crippen molar-refractivity contribution in [1.82, 2.24) is 5.32 Å². The lowest BCUT2D eigenvalue weighted by Gasteiger charge is -2.10. The van der Waals surface area contributed by atoms with Crippen molar-refractivity contribution < 1.29 is 8.85 Å². The molecule has 0 unspecified atom stereocenters. The molecule has 0 spiro atoms. The standard InChI is InChI=1S/C4H9NO.CH8OSi2/c1-3-6-4-2-5-1;1-4-2-3/h5H,1-4H2;4H2,1,3H3. The summed E-state index contributed by atoms with van der Waals surface area (Å²) in [6.07, 6.45) is 0. The molecule has 1 fully saturated rings. The van der Waals surface area contributed by atoms with Crippen LogP contribution in [0.4, 0.5) is 0 Å². The highest BCUT2D eigenvalue weighted by Gasteiger charge is 1.92. The van der Waals surface area contributed by atoms with Gasteiger partial charge in [-0.3, -0.25) is 0 Å². The average molecular weight is 179 g/mol. The monoisotopic (exact) mass is 179 g/mol. The Morgan fingerprint density at radius 3 is 2.10 bits per heavy atom. The molecule has 1 N–H and O–H groups in total. The van der Waals surface area contributed by atoms with Gasteiger partial charge in [-0.15, -0.1) is 0 Å². The Morgan fingerprint density at radius 2 is 2.00 bits per heavy atom. The molecule has 5 heteroatoms. The summed E-state index contributed by atoms with van der Waals surface area (Å²) in [7, 11) is 0.938. The largest absolute Gasteiger partial charge is 0.468 e. The summed E-state index contributed by atoms with van der Waals surface area (Å²) in [6, 6.07) is 0. The van der Waals surface area contributed by atoms with Gasteiger partial charge in [0.1, 0.15) is 20.2 Å². The molecule has 0 saturated carbocycles. The van der Waals surface area contributed by atoms with E-state index in [0.717, 1.165) is 36.8 Å². The number of rotatable bonds is 1. The molecule has 0 aromatic heterocycles. The van der Waals surface area contributed by atoms with Crippen LogP contribution in [-0.4, -0.2) is 46.6 Å². The highest BCUT2D eigenvalue weighted by atomic mass is 28.3. The van der Waals surface area contributed by atoms with Crippen LogP contribution in [-0.2, 0) is 8.85 Å². The number of morpholine rings is 1. The van der Waals surface area contributed by atoms with Gasteiger partial charge in [-0.2, -0.15) is 0 Å². The van der Waals surface area contributed by atoms with E-state index in [4.69, 9.17) is 8.85 Å². The van der Waals surface area contributed by atoms with E-state index in [0.29, 0.717) is 0 Å². The van der Waals surface area contributed by atoms with Crippen LogP contribution in [0, 0.1) is 0 Å². The highest BCUT2D eigenvalue weighted by Crippen LogP contribution is 1.76. The van der Waals surface area contributed by atoms with Crippen LogP contribution < -0.4 is 5.32 Å². The molecule has 1 aliphatic heterocycles. The van der Waals surface area contributed by atoms with E-state index in [2.05, 4.69) is 11.9 Å². The Bertz CT molecular complexity index is 48.1. The van der Waals surface area contributed by atoms with Crippen LogP contribution >= 0.6 is 0 Å². The lowest BCUT2D eigenvalue weighted by molar-refractivity contribution is 0.109. The first-order chi connectivity index (χ1) is 4.91. The molecule has 0 aromatic carbocycles. The summed E-state index contributed by atoms with van der Waals surface area (Å²) in [6.45, 7) is 5.97. The van der Waals surface area contributed by atoms with Crippen molar-refractivity contribution in [3.8, 4) is 0 Å². The number of nitrogens with one attached hydrogen (secondary N) is 1. The van der Waals surface area contributed by atoms with Gasteiger partial charge in [-0.25, -0.2) is 0 Å². The van der Waals surface area contributed by atoms with Crippen LogP contribution in [0.25, 0.3) is 0 Å². The van der Waals surface area contributed by atoms with Crippen molar-refractivity contribution in [3.05, 3.63) is 0 Å². The second kappa shape index (κ2) is 9.31. The Kier molecular flexibility index (Phi) is 9.61. The van der Waals surface area contributed by atoms with E-state index in [1.165, 1.54) is 0 Å². The molecular formula is C5H17NO2Si2. The minimum atomic E-state index is -0.0139. The molecule has 10 heavy (non-hydrogen) atoms. The van der Waals surface area contributed by atoms with Gasteiger partial charge in [0, 0.05) is 13.1 Å². The fourth-order valence-electron chi connectivity index (χ4n) is 0.516. The van der Waals surface area contributed by atoms with Crippen molar-refractivity contribution in [1.29, 1.82) is 0 Å². The van der Waals surface area contributed by atoms with Crippen molar-refractivity contribution in [2.75, 3.05) is 26.3 Å². The molecule has 1 saturated heterocycles. The Hall–Kier alpha value is 0.314. The molecule has 0 aliphatic carbocycles. The van der Waals surface area contributed by atoms with Crippen LogP contribution in [0.5, 0.6) is 0 Å². The number of hydrogen-bond acceptors (Lipinski definition) is 3. The van der Waals surface area contributed by atoms with Crippen LogP contribution in [0.1, 0.15) is 0 Å². The molecule has 0 aromatic rings. The van der Waals surface area contributed by atoms with E-state index in [1.807, 2.05) is 0 Å². The summed E-state index contributed by atoms with van der Waals surface area (Å²) < 4.78 is 9.83. The van der Waals surface area contributed by atoms with Gasteiger partial charge in [-0.1, -0.05) is 6.55 Å². The first-order valence-corrected chi connectivity index (χ1v) is 6.50. The molecule has 1 rings (SSSR count). The minimum Gasteiger partial charge on any atom is -0.468 e. The molecule has 62 valence electrons. The third-order valence-corrected chi connectivity index (χ3v) is 3.44. The number of ether oxygens (including phenoxy) is 1. The topological polar surface area (TPSA) is 30.5 Å². The van der Waals surface area contributed by atoms with Gasteiger partial charge in [0.25, 0.3) is 0 Å². The van der Waals surface area contributed by atoms with Crippen molar-refractivity contribution in [3.63, 3.8) is 0 Å². The van der Waals surface area contributed by atoms with Gasteiger partial charge in [0.05, 0.1) is 13.2 Å². The Labute approximate surface area is 68.0 Å². The van der Waals surface area contributed by atoms with E-state index in [-0.39, 0.29) is 9.76 Å². The summed E-state index contributed by atoms with van der Waals surface area (Å²) in [5, 5.41) is 3.16. The summed E-state index contributed by atoms with van der Waals surface area (Å²) in [5.41, 5.74) is 0. The smallest absolute Gasteiger partial charge is 0.142 e. The molecule has 1 aliphatic rings. The highest BCUT2D eigenvalue weighted by molar-refractivity contribution is 6.32. The molecule has 0 radical (unpaired) electrons. The Balaban J connectivity index is 0.000000180. The minimum absolute atomic E-state index is 0.0139. The third kappa shape index (κ3) is 8.31. The zero-order valence-electron chi connectivity index (χ0n) is 6.85. The normalized spacial score (nSPS) is 18.9. The third-order valence-electron chi connectivity index (χ3n) is 1.14. The number of hydrogen-bond donors (Lipinski definition) is 1. The molecule has 3 nitrogen and oxygen atoms in total. The molecule has 0 bridgehead atoms. The van der Waals surface area contributed by atoms with Crippen LogP contribution in [0.3, 0.4) is 0 Å². The van der Waals surface area contributed by atoms with Gasteiger partial charge in [0.2, 0.25) is 0 Å². The van der Waals surface area contributed by atoms with Crippen molar-refractivity contribution >= 4 is 20.2 Å². The quantitative estimate of drug-likeness (QED) is 0.473. The van der Waals surface area contributed by atoms with Gasteiger partial charge in [-0.05, 0) is 0 Å². The van der Waals surface area contributed by atoms with E-state index in [1.54, 1.807) is 0 Å². The van der Waals surface area contributed by atoms with Crippen molar-refractivity contribution in [2.24, 2.45) is 0 Å². The molecular weight excluding hydrogens is 162 g/mol. The maximum Gasteiger partial charge on any atom is 0.142 e. The predicted octanol–water partition coefficient (Wildman–Crippen LogP) is -1.98. The lowest BCUT2D eigenvalue weighted by Crippen LogP contribution is -2.30. The first kappa shape index (κ1) is 10.3. The molecule has 0 atom stereocenters. The maximum absolute atomic E-state index is 5.01. The van der Waals surface area contributed by atoms with Gasteiger partial charge < -0.3 is 14.2 Å². The van der Waals surface area contributed by atoms with E-state index >= 15 is 0 Å². The summed E-state index contributed by atoms with van der Waals surface area (Å²) in [5.74, 6) is 0. The van der Waals surface area contributed by atoms with Gasteiger partial charge in [0.15, 0.2) is 0 Å². The van der Waals surface area contributed by atoms with Crippen molar-refractivity contribution in [2.45, 2.75) is 6.55 Å². The maximum atomic E-state index is 5.01. The predicted molar refractivity (Wildman–Crippen MR) is 49.1 cm³/mol. The molecule has 1 heterocycles. The fraction of sp³-hybridized carbons (Fsp3) is 1.00. The zero-order valence-corrected chi connectivity index (χ0v) is 10.3. The average Bonchev–Trinajstić information content (AvgIpc) is 2.08. The second-order valence-electron chi connectivity index (χ2n) is 1.94. The summed E-state index contributed by atoms with van der Waals surface area (Å²) >= 11 is 0. The van der Waals surface area contributed by atoms with Crippen LogP contribution in [0.2, 0.25) is 6.55 Å². The van der Waals surface area contributed by atoms with E-state index < -0.39 is 0 Å². The second-order valence-corrected chi connectivity index (χ2v) is 4.83.